The summed E-state index contributed by atoms with van der Waals surface area (Å²) >= 11 is 0. The second-order valence-electron chi connectivity index (χ2n) is 7.59. The van der Waals surface area contributed by atoms with Gasteiger partial charge in [-0.15, -0.1) is 0 Å². The Balaban J connectivity index is 2.17. The lowest BCUT2D eigenvalue weighted by Gasteiger charge is -2.24. The van der Waals surface area contributed by atoms with Gasteiger partial charge in [-0.3, -0.25) is 9.59 Å². The minimum absolute atomic E-state index is 0.0369. The van der Waals surface area contributed by atoms with Gasteiger partial charge in [-0.1, -0.05) is 63.2 Å². The molecule has 1 amide bonds. The van der Waals surface area contributed by atoms with Gasteiger partial charge in [-0.05, 0) is 35.6 Å². The average molecular weight is 367 g/mol. The molecular weight excluding hydrogens is 338 g/mol. The van der Waals surface area contributed by atoms with Crippen LogP contribution in [0.2, 0.25) is 0 Å². The minimum Gasteiger partial charge on any atom is -0.466 e. The molecule has 2 rings (SSSR count). The predicted molar refractivity (Wildman–Crippen MR) is 108 cm³/mol. The number of benzene rings is 2. The molecule has 0 fully saturated rings. The van der Waals surface area contributed by atoms with Crippen LogP contribution in [0.4, 0.5) is 0 Å². The maximum atomic E-state index is 13.1. The Morgan fingerprint density at radius 1 is 0.963 bits per heavy atom. The Bertz CT molecular complexity index is 745. The van der Waals surface area contributed by atoms with Crippen molar-refractivity contribution in [2.24, 2.45) is 0 Å². The zero-order valence-electron chi connectivity index (χ0n) is 16.7. The molecule has 0 heterocycles. The van der Waals surface area contributed by atoms with Gasteiger partial charge in [0.05, 0.1) is 13.0 Å². The van der Waals surface area contributed by atoms with Gasteiger partial charge in [0, 0.05) is 18.7 Å². The number of hydrogen-bond acceptors (Lipinski definition) is 3. The molecule has 0 aliphatic carbocycles. The first-order chi connectivity index (χ1) is 12.8. The lowest BCUT2D eigenvalue weighted by atomic mass is 9.86. The lowest BCUT2D eigenvalue weighted by Crippen LogP contribution is -2.33. The molecule has 0 saturated carbocycles. The third-order valence-electron chi connectivity index (χ3n) is 4.39. The maximum Gasteiger partial charge on any atom is 0.307 e. The average Bonchev–Trinajstić information content (AvgIpc) is 2.65. The number of hydrogen-bond donors (Lipinski definition) is 0. The predicted octanol–water partition coefficient (Wildman–Crippen LogP) is 4.58. The molecule has 0 atom stereocenters. The zero-order valence-corrected chi connectivity index (χ0v) is 16.7. The van der Waals surface area contributed by atoms with Gasteiger partial charge in [0.2, 0.25) is 0 Å². The molecule has 0 spiro atoms. The Morgan fingerprint density at radius 3 is 2.15 bits per heavy atom. The van der Waals surface area contributed by atoms with E-state index in [1.807, 2.05) is 54.6 Å². The highest BCUT2D eigenvalue weighted by Crippen LogP contribution is 2.23. The van der Waals surface area contributed by atoms with Crippen molar-refractivity contribution >= 4 is 11.9 Å². The second-order valence-corrected chi connectivity index (χ2v) is 7.59. The largest absolute Gasteiger partial charge is 0.466 e. The van der Waals surface area contributed by atoms with Crippen LogP contribution in [-0.4, -0.2) is 29.9 Å². The highest BCUT2D eigenvalue weighted by atomic mass is 16.5. The van der Waals surface area contributed by atoms with Crippen LogP contribution in [-0.2, 0) is 21.5 Å². The molecule has 0 saturated heterocycles. The summed E-state index contributed by atoms with van der Waals surface area (Å²) in [6, 6.07) is 17.5. The van der Waals surface area contributed by atoms with Crippen molar-refractivity contribution in [2.75, 3.05) is 13.2 Å². The van der Waals surface area contributed by atoms with Gasteiger partial charge in [0.1, 0.15) is 0 Å². The monoisotopic (exact) mass is 367 g/mol. The number of rotatable bonds is 7. The lowest BCUT2D eigenvalue weighted by molar-refractivity contribution is -0.143. The first-order valence-corrected chi connectivity index (χ1v) is 9.40. The Morgan fingerprint density at radius 2 is 1.59 bits per heavy atom. The summed E-state index contributed by atoms with van der Waals surface area (Å²) in [5.74, 6) is -0.366. The molecule has 144 valence electrons. The van der Waals surface area contributed by atoms with Gasteiger partial charge in [0.15, 0.2) is 0 Å². The number of nitrogens with zero attached hydrogens (tertiary/aromatic N) is 1. The van der Waals surface area contributed by atoms with Gasteiger partial charge < -0.3 is 9.64 Å². The molecular formula is C23H29NO3. The van der Waals surface area contributed by atoms with E-state index in [2.05, 4.69) is 20.8 Å². The fourth-order valence-electron chi connectivity index (χ4n) is 2.81. The van der Waals surface area contributed by atoms with E-state index in [1.54, 1.807) is 11.8 Å². The summed E-state index contributed by atoms with van der Waals surface area (Å²) in [6.07, 6.45) is 0.187. The van der Waals surface area contributed by atoms with Crippen molar-refractivity contribution in [3.05, 3.63) is 71.3 Å². The van der Waals surface area contributed by atoms with Crippen LogP contribution in [0.25, 0.3) is 0 Å². The summed E-state index contributed by atoms with van der Waals surface area (Å²) in [7, 11) is 0. The number of carbonyl (C=O) groups excluding carboxylic acids is 2. The quantitative estimate of drug-likeness (QED) is 0.673. The SMILES string of the molecule is CCOC(=O)CCN(Cc1ccccc1)C(=O)c1ccc(C(C)(C)C)cc1. The molecule has 2 aromatic carbocycles. The topological polar surface area (TPSA) is 46.6 Å². The maximum absolute atomic E-state index is 13.1. The van der Waals surface area contributed by atoms with Crippen LogP contribution in [0.3, 0.4) is 0 Å². The van der Waals surface area contributed by atoms with Crippen molar-refractivity contribution in [3.8, 4) is 0 Å². The van der Waals surface area contributed by atoms with Crippen LogP contribution in [0, 0.1) is 0 Å². The third kappa shape index (κ3) is 6.24. The molecule has 0 radical (unpaired) electrons. The molecule has 0 bridgehead atoms. The van der Waals surface area contributed by atoms with E-state index in [9.17, 15) is 9.59 Å². The van der Waals surface area contributed by atoms with Gasteiger partial charge in [-0.2, -0.15) is 0 Å². The molecule has 27 heavy (non-hydrogen) atoms. The van der Waals surface area contributed by atoms with Crippen LogP contribution in [0.1, 0.15) is 55.6 Å². The first kappa shape index (κ1) is 20.7. The fourth-order valence-corrected chi connectivity index (χ4v) is 2.81. The highest BCUT2D eigenvalue weighted by molar-refractivity contribution is 5.94. The second kappa shape index (κ2) is 9.36. The van der Waals surface area contributed by atoms with E-state index in [0.29, 0.717) is 25.3 Å². The molecule has 4 heteroatoms. The van der Waals surface area contributed by atoms with Crippen LogP contribution < -0.4 is 0 Å². The summed E-state index contributed by atoms with van der Waals surface area (Å²) < 4.78 is 5.00. The Hall–Kier alpha value is -2.62. The van der Waals surface area contributed by atoms with E-state index >= 15 is 0 Å². The molecule has 0 aliphatic heterocycles. The van der Waals surface area contributed by atoms with Crippen molar-refractivity contribution in [3.63, 3.8) is 0 Å². The Kier molecular flexibility index (Phi) is 7.17. The summed E-state index contributed by atoms with van der Waals surface area (Å²) in [5, 5.41) is 0. The smallest absolute Gasteiger partial charge is 0.307 e. The van der Waals surface area contributed by atoms with Gasteiger partial charge in [-0.25, -0.2) is 0 Å². The molecule has 0 N–H and O–H groups in total. The molecule has 2 aromatic rings. The van der Waals surface area contributed by atoms with Crippen LogP contribution in [0.15, 0.2) is 54.6 Å². The number of amides is 1. The van der Waals surface area contributed by atoms with Crippen molar-refractivity contribution in [2.45, 2.75) is 46.1 Å². The van der Waals surface area contributed by atoms with E-state index in [-0.39, 0.29) is 23.7 Å². The van der Waals surface area contributed by atoms with E-state index in [0.717, 1.165) is 5.56 Å². The van der Waals surface area contributed by atoms with Gasteiger partial charge >= 0.3 is 5.97 Å². The summed E-state index contributed by atoms with van der Waals surface area (Å²) in [4.78, 5) is 26.5. The van der Waals surface area contributed by atoms with Gasteiger partial charge in [0.25, 0.3) is 5.91 Å². The van der Waals surface area contributed by atoms with Crippen LogP contribution >= 0.6 is 0 Å². The fraction of sp³-hybridized carbons (Fsp3) is 0.391. The molecule has 0 aromatic heterocycles. The minimum atomic E-state index is -0.286. The van der Waals surface area contributed by atoms with Crippen molar-refractivity contribution in [1.82, 2.24) is 4.90 Å². The van der Waals surface area contributed by atoms with Crippen molar-refractivity contribution in [1.29, 1.82) is 0 Å². The molecule has 0 unspecified atom stereocenters. The standard InChI is InChI=1S/C23H29NO3/c1-5-27-21(25)15-16-24(17-18-9-7-6-8-10-18)22(26)19-11-13-20(14-12-19)23(2,3)4/h6-14H,5,15-17H2,1-4H3. The number of carbonyl (C=O) groups is 2. The van der Waals surface area contributed by atoms with E-state index in [4.69, 9.17) is 4.74 Å². The number of esters is 1. The van der Waals surface area contributed by atoms with Crippen molar-refractivity contribution < 1.29 is 14.3 Å². The Labute approximate surface area is 162 Å². The third-order valence-corrected chi connectivity index (χ3v) is 4.39. The molecule has 0 aliphatic rings. The normalized spacial score (nSPS) is 11.1. The van der Waals surface area contributed by atoms with E-state index < -0.39 is 0 Å². The molecule has 4 nitrogen and oxygen atoms in total. The zero-order chi connectivity index (χ0) is 19.9. The number of ether oxygens (including phenoxy) is 1. The highest BCUT2D eigenvalue weighted by Gasteiger charge is 2.19. The van der Waals surface area contributed by atoms with E-state index in [1.165, 1.54) is 5.56 Å². The van der Waals surface area contributed by atoms with Crippen LogP contribution in [0.5, 0.6) is 0 Å². The first-order valence-electron chi connectivity index (χ1n) is 9.40. The summed E-state index contributed by atoms with van der Waals surface area (Å²) in [6.45, 7) is 9.34. The summed E-state index contributed by atoms with van der Waals surface area (Å²) in [5.41, 5.74) is 2.87.